The van der Waals surface area contributed by atoms with E-state index in [2.05, 4.69) is 10.1 Å². The maximum absolute atomic E-state index is 11.4. The number of ether oxygens (including phenoxy) is 2. The summed E-state index contributed by atoms with van der Waals surface area (Å²) in [5.41, 5.74) is 0.908. The Bertz CT molecular complexity index is 429. The van der Waals surface area contributed by atoms with Crippen LogP contribution < -0.4 is 10.1 Å². The van der Waals surface area contributed by atoms with E-state index in [0.717, 1.165) is 0 Å². The number of carbonyl (C=O) groups excluding carboxylic acids is 2. The van der Waals surface area contributed by atoms with E-state index in [-0.39, 0.29) is 5.91 Å². The van der Waals surface area contributed by atoms with E-state index in [9.17, 15) is 9.59 Å². The Balaban J connectivity index is 3.00. The molecule has 92 valence electrons. The zero-order valence-electron chi connectivity index (χ0n) is 10.1. The van der Waals surface area contributed by atoms with Gasteiger partial charge in [0.1, 0.15) is 11.3 Å². The van der Waals surface area contributed by atoms with Crippen molar-refractivity contribution in [1.29, 1.82) is 0 Å². The Morgan fingerprint density at radius 3 is 2.53 bits per heavy atom. The van der Waals surface area contributed by atoms with Gasteiger partial charge in [0.25, 0.3) is 0 Å². The number of amides is 1. The summed E-state index contributed by atoms with van der Waals surface area (Å²) in [6.07, 6.45) is 0.390. The van der Waals surface area contributed by atoms with Crippen LogP contribution in [0.3, 0.4) is 0 Å². The van der Waals surface area contributed by atoms with Crippen molar-refractivity contribution >= 4 is 17.6 Å². The van der Waals surface area contributed by atoms with Crippen LogP contribution in [0.4, 0.5) is 5.69 Å². The molecule has 0 unspecified atom stereocenters. The summed E-state index contributed by atoms with van der Waals surface area (Å²) in [5, 5.41) is 2.68. The largest absolute Gasteiger partial charge is 0.496 e. The van der Waals surface area contributed by atoms with Crippen LogP contribution in [0.15, 0.2) is 18.2 Å². The number of esters is 1. The van der Waals surface area contributed by atoms with Crippen molar-refractivity contribution in [3.63, 3.8) is 0 Å². The Morgan fingerprint density at radius 1 is 1.29 bits per heavy atom. The molecule has 1 aromatic rings. The topological polar surface area (TPSA) is 64.6 Å². The predicted molar refractivity (Wildman–Crippen MR) is 63.3 cm³/mol. The standard InChI is InChI=1S/C12H15NO4/c1-4-11(14)13-8-5-6-9(12(15)17-3)10(7-8)16-2/h5-7H,4H2,1-3H3,(H,13,14). The van der Waals surface area contributed by atoms with Crippen LogP contribution in [0.25, 0.3) is 0 Å². The average molecular weight is 237 g/mol. The number of nitrogens with one attached hydrogen (secondary N) is 1. The van der Waals surface area contributed by atoms with Crippen molar-refractivity contribution < 1.29 is 19.1 Å². The first-order valence-electron chi connectivity index (χ1n) is 5.18. The summed E-state index contributed by atoms with van der Waals surface area (Å²) in [6.45, 7) is 1.76. The first kappa shape index (κ1) is 13.0. The number of hydrogen-bond acceptors (Lipinski definition) is 4. The van der Waals surface area contributed by atoms with Gasteiger partial charge in [-0.3, -0.25) is 4.79 Å². The average Bonchev–Trinajstić information content (AvgIpc) is 2.37. The monoisotopic (exact) mass is 237 g/mol. The molecule has 0 radical (unpaired) electrons. The van der Waals surface area contributed by atoms with Crippen LogP contribution >= 0.6 is 0 Å². The van der Waals surface area contributed by atoms with E-state index in [1.54, 1.807) is 25.1 Å². The van der Waals surface area contributed by atoms with Crippen molar-refractivity contribution in [1.82, 2.24) is 0 Å². The molecule has 5 nitrogen and oxygen atoms in total. The van der Waals surface area contributed by atoms with E-state index in [1.807, 2.05) is 0 Å². The fourth-order valence-corrected chi connectivity index (χ4v) is 1.30. The normalized spacial score (nSPS) is 9.59. The van der Waals surface area contributed by atoms with Crippen molar-refractivity contribution in [2.24, 2.45) is 0 Å². The van der Waals surface area contributed by atoms with Gasteiger partial charge in [0.2, 0.25) is 5.91 Å². The number of benzene rings is 1. The molecule has 0 atom stereocenters. The van der Waals surface area contributed by atoms with Gasteiger partial charge in [-0.2, -0.15) is 0 Å². The lowest BCUT2D eigenvalue weighted by Gasteiger charge is -2.09. The highest BCUT2D eigenvalue weighted by atomic mass is 16.5. The van der Waals surface area contributed by atoms with Crippen molar-refractivity contribution in [2.45, 2.75) is 13.3 Å². The number of rotatable bonds is 4. The smallest absolute Gasteiger partial charge is 0.341 e. The third-order valence-electron chi connectivity index (χ3n) is 2.21. The highest BCUT2D eigenvalue weighted by Crippen LogP contribution is 2.23. The van der Waals surface area contributed by atoms with Gasteiger partial charge in [-0.1, -0.05) is 6.92 Å². The van der Waals surface area contributed by atoms with Crippen LogP contribution in [0.1, 0.15) is 23.7 Å². The number of anilines is 1. The molecular weight excluding hydrogens is 222 g/mol. The van der Waals surface area contributed by atoms with E-state index < -0.39 is 5.97 Å². The van der Waals surface area contributed by atoms with E-state index >= 15 is 0 Å². The SMILES string of the molecule is CCC(=O)Nc1ccc(C(=O)OC)c(OC)c1. The molecule has 1 rings (SSSR count). The fraction of sp³-hybridized carbons (Fsp3) is 0.333. The van der Waals surface area contributed by atoms with E-state index in [0.29, 0.717) is 23.4 Å². The molecule has 17 heavy (non-hydrogen) atoms. The number of carbonyl (C=O) groups is 2. The molecule has 5 heteroatoms. The van der Waals surface area contributed by atoms with Crippen molar-refractivity contribution in [3.8, 4) is 5.75 Å². The van der Waals surface area contributed by atoms with Crippen LogP contribution in [0.5, 0.6) is 5.75 Å². The minimum absolute atomic E-state index is 0.0992. The highest BCUT2D eigenvalue weighted by Gasteiger charge is 2.13. The maximum Gasteiger partial charge on any atom is 0.341 e. The second-order valence-electron chi connectivity index (χ2n) is 3.31. The molecule has 0 aliphatic rings. The van der Waals surface area contributed by atoms with Gasteiger partial charge >= 0.3 is 5.97 Å². The molecule has 0 heterocycles. The molecule has 0 spiro atoms. The summed E-state index contributed by atoms with van der Waals surface area (Å²) in [6, 6.07) is 4.76. The Kier molecular flexibility index (Phi) is 4.51. The van der Waals surface area contributed by atoms with Gasteiger partial charge in [-0.25, -0.2) is 4.79 Å². The molecule has 0 saturated heterocycles. The Labute approximate surface area is 99.7 Å². The van der Waals surface area contributed by atoms with Gasteiger partial charge < -0.3 is 14.8 Å². The Hall–Kier alpha value is -2.04. The van der Waals surface area contributed by atoms with Crippen molar-refractivity contribution in [2.75, 3.05) is 19.5 Å². The third kappa shape index (κ3) is 3.21. The van der Waals surface area contributed by atoms with Gasteiger partial charge in [0, 0.05) is 18.2 Å². The van der Waals surface area contributed by atoms with Crippen LogP contribution in [0, 0.1) is 0 Å². The zero-order valence-corrected chi connectivity index (χ0v) is 10.1. The summed E-state index contributed by atoms with van der Waals surface area (Å²) in [4.78, 5) is 22.6. The van der Waals surface area contributed by atoms with Crippen molar-refractivity contribution in [3.05, 3.63) is 23.8 Å². The van der Waals surface area contributed by atoms with Gasteiger partial charge in [0.15, 0.2) is 0 Å². The molecule has 0 bridgehead atoms. The Morgan fingerprint density at radius 2 is 2.00 bits per heavy atom. The van der Waals surface area contributed by atoms with Gasteiger partial charge in [0.05, 0.1) is 14.2 Å². The molecule has 0 fully saturated rings. The lowest BCUT2D eigenvalue weighted by atomic mass is 10.2. The lowest BCUT2D eigenvalue weighted by Crippen LogP contribution is -2.10. The van der Waals surface area contributed by atoms with E-state index in [1.165, 1.54) is 14.2 Å². The molecular formula is C12H15NO4. The minimum Gasteiger partial charge on any atom is -0.496 e. The quantitative estimate of drug-likeness (QED) is 0.811. The molecule has 0 aliphatic heterocycles. The molecule has 1 N–H and O–H groups in total. The number of hydrogen-bond donors (Lipinski definition) is 1. The van der Waals surface area contributed by atoms with Gasteiger partial charge in [-0.15, -0.1) is 0 Å². The molecule has 0 aromatic heterocycles. The predicted octanol–water partition coefficient (Wildman–Crippen LogP) is 1.83. The molecule has 1 aromatic carbocycles. The lowest BCUT2D eigenvalue weighted by molar-refractivity contribution is -0.115. The summed E-state index contributed by atoms with van der Waals surface area (Å²) < 4.78 is 9.69. The van der Waals surface area contributed by atoms with Crippen LogP contribution in [-0.4, -0.2) is 26.1 Å². The highest BCUT2D eigenvalue weighted by molar-refractivity contribution is 5.95. The molecule has 0 saturated carbocycles. The summed E-state index contributed by atoms with van der Waals surface area (Å²) >= 11 is 0. The first-order chi connectivity index (χ1) is 8.12. The minimum atomic E-state index is -0.477. The van der Waals surface area contributed by atoms with Crippen LogP contribution in [-0.2, 0) is 9.53 Å². The fourth-order valence-electron chi connectivity index (χ4n) is 1.30. The van der Waals surface area contributed by atoms with Crippen LogP contribution in [0.2, 0.25) is 0 Å². The van der Waals surface area contributed by atoms with Gasteiger partial charge in [-0.05, 0) is 12.1 Å². The second kappa shape index (κ2) is 5.89. The first-order valence-corrected chi connectivity index (χ1v) is 5.18. The maximum atomic E-state index is 11.4. The second-order valence-corrected chi connectivity index (χ2v) is 3.31. The molecule has 0 aliphatic carbocycles. The van der Waals surface area contributed by atoms with E-state index in [4.69, 9.17) is 4.74 Å². The summed E-state index contributed by atoms with van der Waals surface area (Å²) in [7, 11) is 2.75. The summed E-state index contributed by atoms with van der Waals surface area (Å²) in [5.74, 6) is -0.209. The molecule has 1 amide bonds. The number of methoxy groups -OCH3 is 2. The third-order valence-corrected chi connectivity index (χ3v) is 2.21. The zero-order chi connectivity index (χ0) is 12.8.